The molecule has 0 bridgehead atoms. The van der Waals surface area contributed by atoms with Crippen LogP contribution in [0.3, 0.4) is 0 Å². The maximum atomic E-state index is 15.0. The number of carboxylic acid groups (broad SMARTS) is 1. The lowest BCUT2D eigenvalue weighted by molar-refractivity contribution is -0.192. The summed E-state index contributed by atoms with van der Waals surface area (Å²) in [7, 11) is -2.35. The molecule has 3 heterocycles. The quantitative estimate of drug-likeness (QED) is 0.177. The van der Waals surface area contributed by atoms with Gasteiger partial charge in [0.2, 0.25) is 16.0 Å². The standard InChI is InChI=1S/C25H28FN7O4S.C2HF3O2/c1-3-33(22-8-4-7-20-18(22)14-28-32-20)24-19(26)15-27-25(31-24)30-21-12-17(9-10-23(21)36-2)38(34,35)29-13-16-6-5-11-37-16;3-2(4,5)1(6)7/h4,7-10,12,14-16,29H,3,5-6,11,13H2,1-2H3,(H,28,32)(H,27,30,31);(H,6,7). The Kier molecular flexibility index (Phi) is 10.4. The first kappa shape index (κ1) is 33.3. The predicted molar refractivity (Wildman–Crippen MR) is 155 cm³/mol. The molecule has 0 saturated carbocycles. The van der Waals surface area contributed by atoms with Crippen molar-refractivity contribution in [1.82, 2.24) is 24.9 Å². The molecular formula is C27H29F4N7O6S. The van der Waals surface area contributed by atoms with E-state index in [1.807, 2.05) is 25.1 Å². The Bertz CT molecular complexity index is 1750. The number of nitrogens with one attached hydrogen (secondary N) is 3. The van der Waals surface area contributed by atoms with Crippen molar-refractivity contribution < 1.29 is 45.4 Å². The maximum absolute atomic E-state index is 15.0. The number of anilines is 4. The van der Waals surface area contributed by atoms with Crippen LogP contribution in [-0.2, 0) is 19.6 Å². The molecule has 45 heavy (non-hydrogen) atoms. The highest BCUT2D eigenvalue weighted by atomic mass is 32.2. The number of hydrogen-bond acceptors (Lipinski definition) is 10. The van der Waals surface area contributed by atoms with E-state index in [0.717, 1.165) is 35.6 Å². The number of rotatable bonds is 10. The monoisotopic (exact) mass is 655 g/mol. The zero-order valence-corrected chi connectivity index (χ0v) is 24.7. The number of aliphatic carboxylic acids is 1. The number of aromatic nitrogens is 4. The van der Waals surface area contributed by atoms with Crippen molar-refractivity contribution in [3.8, 4) is 5.75 Å². The van der Waals surface area contributed by atoms with Crippen molar-refractivity contribution in [2.45, 2.75) is 36.9 Å². The van der Waals surface area contributed by atoms with Gasteiger partial charge in [-0.3, -0.25) is 5.10 Å². The van der Waals surface area contributed by atoms with Gasteiger partial charge in [0.25, 0.3) is 0 Å². The Morgan fingerprint density at radius 3 is 2.64 bits per heavy atom. The van der Waals surface area contributed by atoms with Crippen LogP contribution in [-0.4, -0.2) is 78.7 Å². The first-order chi connectivity index (χ1) is 21.3. The summed E-state index contributed by atoms with van der Waals surface area (Å²) < 4.78 is 86.1. The minimum absolute atomic E-state index is 0.0305. The third-order valence-corrected chi connectivity index (χ3v) is 7.97. The van der Waals surface area contributed by atoms with Crippen molar-refractivity contribution in [1.29, 1.82) is 0 Å². The lowest BCUT2D eigenvalue weighted by atomic mass is 10.2. The molecule has 4 aromatic rings. The van der Waals surface area contributed by atoms with Gasteiger partial charge in [-0.2, -0.15) is 23.3 Å². The molecule has 5 rings (SSSR count). The number of nitrogens with zero attached hydrogens (tertiary/aromatic N) is 4. The highest BCUT2D eigenvalue weighted by molar-refractivity contribution is 7.89. The van der Waals surface area contributed by atoms with Gasteiger partial charge in [0.05, 0.1) is 47.4 Å². The molecule has 1 saturated heterocycles. The van der Waals surface area contributed by atoms with Gasteiger partial charge < -0.3 is 24.8 Å². The van der Waals surface area contributed by atoms with Crippen LogP contribution in [0.25, 0.3) is 10.9 Å². The molecule has 0 radical (unpaired) electrons. The Hall–Kier alpha value is -4.55. The second-order valence-electron chi connectivity index (χ2n) is 9.49. The molecule has 0 aliphatic carbocycles. The van der Waals surface area contributed by atoms with E-state index < -0.39 is 28.0 Å². The van der Waals surface area contributed by atoms with E-state index in [1.165, 1.54) is 25.3 Å². The van der Waals surface area contributed by atoms with Gasteiger partial charge in [-0.05, 0) is 50.1 Å². The zero-order chi connectivity index (χ0) is 32.8. The minimum atomic E-state index is -5.08. The Balaban J connectivity index is 0.000000591. The SMILES string of the molecule is CCN(c1nc(Nc2cc(S(=O)(=O)NCC3CCCO3)ccc2OC)ncc1F)c1cccc2[nH]ncc12.O=C(O)C(F)(F)F. The van der Waals surface area contributed by atoms with Crippen LogP contribution in [0, 0.1) is 5.82 Å². The topological polar surface area (TPSA) is 172 Å². The van der Waals surface area contributed by atoms with Crippen LogP contribution in [0.15, 0.2) is 53.7 Å². The number of benzene rings is 2. The average molecular weight is 656 g/mol. The number of hydrogen-bond donors (Lipinski definition) is 4. The molecule has 0 spiro atoms. The normalized spacial score (nSPS) is 14.9. The fourth-order valence-electron chi connectivity index (χ4n) is 4.39. The van der Waals surface area contributed by atoms with Crippen molar-refractivity contribution in [2.24, 2.45) is 0 Å². The number of carboxylic acids is 1. The fourth-order valence-corrected chi connectivity index (χ4v) is 5.49. The summed E-state index contributed by atoms with van der Waals surface area (Å²) in [5.74, 6) is -2.88. The summed E-state index contributed by atoms with van der Waals surface area (Å²) in [5.41, 5.74) is 1.85. The lowest BCUT2D eigenvalue weighted by Crippen LogP contribution is -2.31. The Labute approximate surface area is 254 Å². The van der Waals surface area contributed by atoms with E-state index in [2.05, 4.69) is 30.2 Å². The summed E-state index contributed by atoms with van der Waals surface area (Å²) in [5, 5.41) is 17.9. The van der Waals surface area contributed by atoms with Gasteiger partial charge in [0.15, 0.2) is 11.6 Å². The van der Waals surface area contributed by atoms with Crippen LogP contribution < -0.4 is 19.7 Å². The van der Waals surface area contributed by atoms with E-state index >= 15 is 0 Å². The molecule has 1 atom stereocenters. The molecule has 0 amide bonds. The van der Waals surface area contributed by atoms with Crippen molar-refractivity contribution >= 4 is 50.0 Å². The number of sulfonamides is 1. The smallest absolute Gasteiger partial charge is 0.490 e. The van der Waals surface area contributed by atoms with Crippen molar-refractivity contribution in [2.75, 3.05) is 37.0 Å². The number of halogens is 4. The number of H-pyrrole nitrogens is 1. The Morgan fingerprint density at radius 2 is 2.00 bits per heavy atom. The second kappa shape index (κ2) is 14.0. The van der Waals surface area contributed by atoms with Gasteiger partial charge in [-0.15, -0.1) is 0 Å². The van der Waals surface area contributed by atoms with Crippen LogP contribution in [0.5, 0.6) is 5.75 Å². The average Bonchev–Trinajstić information content (AvgIpc) is 3.71. The maximum Gasteiger partial charge on any atom is 0.490 e. The molecule has 4 N–H and O–H groups in total. The molecule has 1 aliphatic heterocycles. The number of carbonyl (C=O) groups is 1. The van der Waals surface area contributed by atoms with E-state index in [0.29, 0.717) is 24.6 Å². The summed E-state index contributed by atoms with van der Waals surface area (Å²) >= 11 is 0. The second-order valence-corrected chi connectivity index (χ2v) is 11.3. The summed E-state index contributed by atoms with van der Waals surface area (Å²) in [6, 6.07) is 9.99. The van der Waals surface area contributed by atoms with Gasteiger partial charge in [0, 0.05) is 25.1 Å². The minimum Gasteiger partial charge on any atom is -0.495 e. The van der Waals surface area contributed by atoms with Crippen LogP contribution in [0.2, 0.25) is 0 Å². The fraction of sp³-hybridized carbons (Fsp3) is 0.333. The van der Waals surface area contributed by atoms with Crippen LogP contribution >= 0.6 is 0 Å². The molecule has 1 aliphatic rings. The van der Waals surface area contributed by atoms with Crippen molar-refractivity contribution in [3.05, 3.63) is 54.6 Å². The predicted octanol–water partition coefficient (Wildman–Crippen LogP) is 4.49. The zero-order valence-electron chi connectivity index (χ0n) is 23.9. The first-order valence-electron chi connectivity index (χ1n) is 13.4. The highest BCUT2D eigenvalue weighted by Gasteiger charge is 2.38. The molecule has 18 heteroatoms. The molecule has 13 nitrogen and oxygen atoms in total. The number of fused-ring (bicyclic) bond motifs is 1. The molecule has 2 aromatic heterocycles. The van der Waals surface area contributed by atoms with E-state index in [4.69, 9.17) is 19.4 Å². The molecule has 242 valence electrons. The first-order valence-corrected chi connectivity index (χ1v) is 14.9. The molecule has 1 unspecified atom stereocenters. The van der Waals surface area contributed by atoms with E-state index in [9.17, 15) is 26.0 Å². The highest BCUT2D eigenvalue weighted by Crippen LogP contribution is 2.34. The van der Waals surface area contributed by atoms with Crippen LogP contribution in [0.4, 0.5) is 40.7 Å². The summed E-state index contributed by atoms with van der Waals surface area (Å²) in [4.78, 5) is 19.1. The van der Waals surface area contributed by atoms with E-state index in [1.54, 1.807) is 11.1 Å². The third-order valence-electron chi connectivity index (χ3n) is 6.55. The number of aromatic amines is 1. The van der Waals surface area contributed by atoms with Gasteiger partial charge in [0.1, 0.15) is 5.75 Å². The van der Waals surface area contributed by atoms with Crippen molar-refractivity contribution in [3.63, 3.8) is 0 Å². The molecule has 2 aromatic carbocycles. The Morgan fingerprint density at radius 1 is 1.24 bits per heavy atom. The largest absolute Gasteiger partial charge is 0.495 e. The molecule has 1 fully saturated rings. The van der Waals surface area contributed by atoms with Gasteiger partial charge >= 0.3 is 12.1 Å². The van der Waals surface area contributed by atoms with Gasteiger partial charge in [-0.1, -0.05) is 6.07 Å². The van der Waals surface area contributed by atoms with Gasteiger partial charge in [-0.25, -0.2) is 27.3 Å². The third kappa shape index (κ3) is 8.14. The lowest BCUT2D eigenvalue weighted by Gasteiger charge is -2.23. The number of alkyl halides is 3. The summed E-state index contributed by atoms with van der Waals surface area (Å²) in [6.07, 6.45) is -0.753. The van der Waals surface area contributed by atoms with E-state index in [-0.39, 0.29) is 29.3 Å². The van der Waals surface area contributed by atoms with Crippen LogP contribution in [0.1, 0.15) is 19.8 Å². The number of methoxy groups -OCH3 is 1. The summed E-state index contributed by atoms with van der Waals surface area (Å²) in [6.45, 7) is 3.13. The molecular weight excluding hydrogens is 626 g/mol. The number of ether oxygens (including phenoxy) is 2.